The molecule has 4 rings (SSSR count). The van der Waals surface area contributed by atoms with Crippen molar-refractivity contribution in [2.75, 3.05) is 0 Å². The van der Waals surface area contributed by atoms with Crippen LogP contribution in [-0.2, 0) is 25.1 Å². The molecule has 0 N–H and O–H groups in total. The van der Waals surface area contributed by atoms with E-state index in [-0.39, 0.29) is 5.56 Å². The van der Waals surface area contributed by atoms with Gasteiger partial charge in [-0.15, -0.1) is 17.9 Å². The molecular formula is C21H22N2OS2. The molecule has 2 aromatic heterocycles. The van der Waals surface area contributed by atoms with E-state index in [4.69, 9.17) is 4.98 Å². The van der Waals surface area contributed by atoms with Crippen molar-refractivity contribution in [3.8, 4) is 0 Å². The standard InChI is InChI=1S/C21H22N2OS2/c1-3-11-23-20(24)18-16-10-9-14(2)12-17(16)26-19(18)22-21(23)25-13-15-7-5-4-6-8-15/h3-8,14H,1,9-13H2,2H3/t14-/m0/s1. The van der Waals surface area contributed by atoms with Gasteiger partial charge in [-0.1, -0.05) is 55.1 Å². The topological polar surface area (TPSA) is 34.9 Å². The molecule has 3 aromatic rings. The van der Waals surface area contributed by atoms with Crippen molar-refractivity contribution >= 4 is 33.3 Å². The van der Waals surface area contributed by atoms with Crippen molar-refractivity contribution < 1.29 is 0 Å². The summed E-state index contributed by atoms with van der Waals surface area (Å²) in [4.78, 5) is 20.4. The lowest BCUT2D eigenvalue weighted by Crippen LogP contribution is -2.23. The van der Waals surface area contributed by atoms with Crippen LogP contribution in [0.4, 0.5) is 0 Å². The number of benzene rings is 1. The smallest absolute Gasteiger partial charge is 0.263 e. The second-order valence-corrected chi connectivity index (χ2v) is 8.93. The minimum atomic E-state index is 0.0949. The van der Waals surface area contributed by atoms with Crippen LogP contribution in [0.5, 0.6) is 0 Å². The Labute approximate surface area is 161 Å². The fourth-order valence-electron chi connectivity index (χ4n) is 3.53. The van der Waals surface area contributed by atoms with Crippen LogP contribution in [0.3, 0.4) is 0 Å². The van der Waals surface area contributed by atoms with Gasteiger partial charge in [-0.25, -0.2) is 4.98 Å². The number of aryl methyl sites for hydroxylation is 1. The summed E-state index contributed by atoms with van der Waals surface area (Å²) in [5.41, 5.74) is 2.58. The van der Waals surface area contributed by atoms with Gasteiger partial charge in [0.25, 0.3) is 5.56 Å². The monoisotopic (exact) mass is 382 g/mol. The van der Waals surface area contributed by atoms with Gasteiger partial charge in [-0.2, -0.15) is 0 Å². The van der Waals surface area contributed by atoms with Crippen molar-refractivity contribution in [2.45, 2.75) is 43.6 Å². The molecule has 0 spiro atoms. The molecule has 1 atom stereocenters. The highest BCUT2D eigenvalue weighted by atomic mass is 32.2. The quantitative estimate of drug-likeness (QED) is 0.351. The number of thiophene rings is 1. The molecule has 134 valence electrons. The zero-order valence-corrected chi connectivity index (χ0v) is 16.5. The van der Waals surface area contributed by atoms with E-state index in [0.29, 0.717) is 12.5 Å². The Kier molecular flexibility index (Phi) is 5.00. The molecule has 0 saturated heterocycles. The van der Waals surface area contributed by atoms with Crippen molar-refractivity contribution in [1.82, 2.24) is 9.55 Å². The molecule has 26 heavy (non-hydrogen) atoms. The molecule has 1 aliphatic rings. The summed E-state index contributed by atoms with van der Waals surface area (Å²) in [6.07, 6.45) is 5.01. The molecule has 1 aromatic carbocycles. The Bertz CT molecular complexity index is 1000. The lowest BCUT2D eigenvalue weighted by atomic mass is 9.89. The zero-order valence-electron chi connectivity index (χ0n) is 14.9. The molecule has 0 aliphatic heterocycles. The van der Waals surface area contributed by atoms with Gasteiger partial charge >= 0.3 is 0 Å². The van der Waals surface area contributed by atoms with Crippen molar-refractivity contribution in [3.63, 3.8) is 0 Å². The Morgan fingerprint density at radius 1 is 1.38 bits per heavy atom. The van der Waals surface area contributed by atoms with E-state index in [1.807, 2.05) is 18.2 Å². The number of fused-ring (bicyclic) bond motifs is 3. The summed E-state index contributed by atoms with van der Waals surface area (Å²) >= 11 is 3.34. The van der Waals surface area contributed by atoms with Gasteiger partial charge in [0.2, 0.25) is 0 Å². The van der Waals surface area contributed by atoms with Gasteiger partial charge in [0.15, 0.2) is 5.16 Å². The Balaban J connectivity index is 1.78. The molecule has 3 nitrogen and oxygen atoms in total. The van der Waals surface area contributed by atoms with Crippen LogP contribution in [0.1, 0.15) is 29.3 Å². The fraction of sp³-hybridized carbons (Fsp3) is 0.333. The van der Waals surface area contributed by atoms with E-state index in [9.17, 15) is 4.79 Å². The Morgan fingerprint density at radius 3 is 2.96 bits per heavy atom. The average Bonchev–Trinajstić information content (AvgIpc) is 3.01. The maximum absolute atomic E-state index is 13.2. The molecule has 0 bridgehead atoms. The number of thioether (sulfide) groups is 1. The first-order valence-corrected chi connectivity index (χ1v) is 10.8. The lowest BCUT2D eigenvalue weighted by molar-refractivity contribution is 0.509. The van der Waals surface area contributed by atoms with Crippen LogP contribution in [0.2, 0.25) is 0 Å². The summed E-state index contributed by atoms with van der Waals surface area (Å²) in [7, 11) is 0. The minimum Gasteiger partial charge on any atom is -0.283 e. The van der Waals surface area contributed by atoms with Crippen LogP contribution in [0, 0.1) is 5.92 Å². The van der Waals surface area contributed by atoms with E-state index < -0.39 is 0 Å². The van der Waals surface area contributed by atoms with Gasteiger partial charge in [-0.05, 0) is 36.3 Å². The summed E-state index contributed by atoms with van der Waals surface area (Å²) in [5.74, 6) is 1.50. The van der Waals surface area contributed by atoms with Gasteiger partial charge in [0.05, 0.1) is 5.39 Å². The molecule has 0 radical (unpaired) electrons. The van der Waals surface area contributed by atoms with Crippen molar-refractivity contribution in [2.24, 2.45) is 5.92 Å². The third kappa shape index (κ3) is 3.26. The van der Waals surface area contributed by atoms with Gasteiger partial charge in [-0.3, -0.25) is 9.36 Å². The minimum absolute atomic E-state index is 0.0949. The maximum Gasteiger partial charge on any atom is 0.263 e. The fourth-order valence-corrected chi connectivity index (χ4v) is 5.92. The molecular weight excluding hydrogens is 360 g/mol. The average molecular weight is 383 g/mol. The normalized spacial score (nSPS) is 16.6. The zero-order chi connectivity index (χ0) is 18.1. The molecule has 0 saturated carbocycles. The highest BCUT2D eigenvalue weighted by Crippen LogP contribution is 2.36. The molecule has 0 unspecified atom stereocenters. The SMILES string of the molecule is C=CCn1c(SCc2ccccc2)nc2sc3c(c2c1=O)CC[C@H](C)C3. The first-order valence-electron chi connectivity index (χ1n) is 9.00. The summed E-state index contributed by atoms with van der Waals surface area (Å²) in [5, 5.41) is 1.64. The number of hydrogen-bond donors (Lipinski definition) is 0. The number of nitrogens with zero attached hydrogens (tertiary/aromatic N) is 2. The van der Waals surface area contributed by atoms with E-state index in [1.54, 1.807) is 33.7 Å². The number of allylic oxidation sites excluding steroid dienone is 1. The van der Waals surface area contributed by atoms with E-state index >= 15 is 0 Å². The van der Waals surface area contributed by atoms with E-state index in [0.717, 1.165) is 40.4 Å². The van der Waals surface area contributed by atoms with Crippen molar-refractivity contribution in [1.29, 1.82) is 0 Å². The number of hydrogen-bond acceptors (Lipinski definition) is 4. The van der Waals surface area contributed by atoms with Crippen molar-refractivity contribution in [3.05, 3.63) is 69.3 Å². The van der Waals surface area contributed by atoms with E-state index in [1.165, 1.54) is 16.0 Å². The molecule has 0 amide bonds. The summed E-state index contributed by atoms with van der Waals surface area (Å²) in [6.45, 7) is 6.62. The van der Waals surface area contributed by atoms with Gasteiger partial charge in [0, 0.05) is 17.2 Å². The van der Waals surface area contributed by atoms with Crippen LogP contribution < -0.4 is 5.56 Å². The number of aromatic nitrogens is 2. The summed E-state index contributed by atoms with van der Waals surface area (Å²) in [6, 6.07) is 10.3. The predicted molar refractivity (Wildman–Crippen MR) is 111 cm³/mol. The third-order valence-corrected chi connectivity index (χ3v) is 7.10. The molecule has 5 heteroatoms. The highest BCUT2D eigenvalue weighted by molar-refractivity contribution is 7.98. The van der Waals surface area contributed by atoms with Crippen LogP contribution in [-0.4, -0.2) is 9.55 Å². The van der Waals surface area contributed by atoms with Crippen LogP contribution in [0.15, 0.2) is 52.9 Å². The second kappa shape index (κ2) is 7.41. The molecule has 0 fully saturated rings. The highest BCUT2D eigenvalue weighted by Gasteiger charge is 2.24. The Morgan fingerprint density at radius 2 is 2.19 bits per heavy atom. The second-order valence-electron chi connectivity index (χ2n) is 6.90. The molecule has 2 heterocycles. The lowest BCUT2D eigenvalue weighted by Gasteiger charge is -2.17. The van der Waals surface area contributed by atoms with E-state index in [2.05, 4.69) is 25.6 Å². The Hall–Kier alpha value is -1.85. The van der Waals surface area contributed by atoms with Crippen LogP contribution >= 0.6 is 23.1 Å². The van der Waals surface area contributed by atoms with Gasteiger partial charge < -0.3 is 0 Å². The largest absolute Gasteiger partial charge is 0.283 e. The predicted octanol–water partition coefficient (Wildman–Crippen LogP) is 5.06. The summed E-state index contributed by atoms with van der Waals surface area (Å²) < 4.78 is 1.79. The number of rotatable bonds is 5. The molecule has 1 aliphatic carbocycles. The maximum atomic E-state index is 13.2. The first-order chi connectivity index (χ1) is 12.7. The first kappa shape index (κ1) is 17.6. The van der Waals surface area contributed by atoms with Gasteiger partial charge in [0.1, 0.15) is 4.83 Å². The third-order valence-electron chi connectivity index (χ3n) is 4.90. The van der Waals surface area contributed by atoms with Crippen LogP contribution in [0.25, 0.3) is 10.2 Å².